The van der Waals surface area contributed by atoms with Gasteiger partial charge in [0.2, 0.25) is 0 Å². The normalized spacial score (nSPS) is 31.1. The van der Waals surface area contributed by atoms with Crippen molar-refractivity contribution in [2.75, 3.05) is 13.1 Å². The van der Waals surface area contributed by atoms with E-state index in [1.807, 2.05) is 0 Å². The van der Waals surface area contributed by atoms with E-state index in [-0.39, 0.29) is 0 Å². The third kappa shape index (κ3) is 3.36. The predicted octanol–water partition coefficient (Wildman–Crippen LogP) is 2.50. The van der Waals surface area contributed by atoms with Gasteiger partial charge in [-0.05, 0) is 45.1 Å². The molecular formula is C15H25N3S. The van der Waals surface area contributed by atoms with Gasteiger partial charge in [-0.1, -0.05) is 6.42 Å². The number of rotatable bonds is 5. The molecule has 106 valence electrons. The molecule has 0 radical (unpaired) electrons. The highest BCUT2D eigenvalue weighted by molar-refractivity contribution is 7.09. The van der Waals surface area contributed by atoms with Gasteiger partial charge in [-0.2, -0.15) is 0 Å². The van der Waals surface area contributed by atoms with Gasteiger partial charge in [-0.15, -0.1) is 11.3 Å². The van der Waals surface area contributed by atoms with Gasteiger partial charge in [0, 0.05) is 36.1 Å². The lowest BCUT2D eigenvalue weighted by Crippen LogP contribution is -2.42. The first-order valence-corrected chi connectivity index (χ1v) is 8.58. The molecule has 3 nitrogen and oxygen atoms in total. The Hall–Kier alpha value is -0.450. The van der Waals surface area contributed by atoms with Crippen LogP contribution in [0.4, 0.5) is 0 Å². The van der Waals surface area contributed by atoms with Gasteiger partial charge in [0.25, 0.3) is 0 Å². The molecule has 2 fully saturated rings. The van der Waals surface area contributed by atoms with E-state index in [0.717, 1.165) is 36.7 Å². The van der Waals surface area contributed by atoms with Crippen molar-refractivity contribution in [1.29, 1.82) is 0 Å². The summed E-state index contributed by atoms with van der Waals surface area (Å²) in [5.74, 6) is 0.862. The molecule has 4 heteroatoms. The van der Waals surface area contributed by atoms with Crippen LogP contribution in [0.2, 0.25) is 0 Å². The van der Waals surface area contributed by atoms with Gasteiger partial charge in [-0.3, -0.25) is 0 Å². The van der Waals surface area contributed by atoms with Crippen LogP contribution in [-0.2, 0) is 6.42 Å². The zero-order valence-electron chi connectivity index (χ0n) is 11.8. The third-order valence-corrected chi connectivity index (χ3v) is 5.62. The van der Waals surface area contributed by atoms with Crippen molar-refractivity contribution in [3.63, 3.8) is 0 Å². The van der Waals surface area contributed by atoms with Gasteiger partial charge >= 0.3 is 0 Å². The lowest BCUT2D eigenvalue weighted by molar-refractivity contribution is 0.322. The highest BCUT2D eigenvalue weighted by atomic mass is 32.1. The van der Waals surface area contributed by atoms with Crippen LogP contribution in [-0.4, -0.2) is 30.2 Å². The molecule has 1 aliphatic heterocycles. The number of nitrogens with zero attached hydrogens (tertiary/aromatic N) is 1. The van der Waals surface area contributed by atoms with Crippen LogP contribution in [0.25, 0.3) is 0 Å². The van der Waals surface area contributed by atoms with Crippen molar-refractivity contribution in [1.82, 2.24) is 15.6 Å². The molecule has 0 bridgehead atoms. The average molecular weight is 279 g/mol. The van der Waals surface area contributed by atoms with Crippen molar-refractivity contribution in [2.24, 2.45) is 5.92 Å². The summed E-state index contributed by atoms with van der Waals surface area (Å²) in [6, 6.07) is 1.51. The van der Waals surface area contributed by atoms with Gasteiger partial charge in [0.05, 0.1) is 5.01 Å². The second kappa shape index (κ2) is 6.33. The van der Waals surface area contributed by atoms with Crippen molar-refractivity contribution in [3.05, 3.63) is 16.1 Å². The number of hydrogen-bond acceptors (Lipinski definition) is 4. The molecule has 2 heterocycles. The first-order valence-electron chi connectivity index (χ1n) is 7.71. The Labute approximate surface area is 120 Å². The molecule has 0 amide bonds. The van der Waals surface area contributed by atoms with E-state index >= 15 is 0 Å². The zero-order chi connectivity index (χ0) is 13.1. The predicted molar refractivity (Wildman–Crippen MR) is 80.7 cm³/mol. The quantitative estimate of drug-likeness (QED) is 0.869. The standard InChI is InChI=1S/C15H25N3S/c1-11-10-19-15(18-11)7-9-17-13-5-2-4-12(13)14-6-3-8-16-14/h10,12-14,16-17H,2-9H2,1H3. The summed E-state index contributed by atoms with van der Waals surface area (Å²) >= 11 is 1.79. The highest BCUT2D eigenvalue weighted by Gasteiger charge is 2.34. The van der Waals surface area contributed by atoms with E-state index in [0.29, 0.717) is 0 Å². The van der Waals surface area contributed by atoms with Crippen molar-refractivity contribution < 1.29 is 0 Å². The minimum atomic E-state index is 0.733. The van der Waals surface area contributed by atoms with E-state index in [2.05, 4.69) is 27.9 Å². The first-order chi connectivity index (χ1) is 9.33. The Kier molecular flexibility index (Phi) is 4.51. The maximum absolute atomic E-state index is 4.54. The number of hydrogen-bond donors (Lipinski definition) is 2. The average Bonchev–Trinajstić information content (AvgIpc) is 3.09. The van der Waals surface area contributed by atoms with Crippen LogP contribution in [0.3, 0.4) is 0 Å². The summed E-state index contributed by atoms with van der Waals surface area (Å²) in [5, 5.41) is 10.9. The lowest BCUT2D eigenvalue weighted by atomic mass is 9.93. The third-order valence-electron chi connectivity index (χ3n) is 4.60. The van der Waals surface area contributed by atoms with Crippen LogP contribution in [0.15, 0.2) is 5.38 Å². The second-order valence-corrected chi connectivity index (χ2v) is 6.93. The Balaban J connectivity index is 1.46. The van der Waals surface area contributed by atoms with Gasteiger partial charge in [0.1, 0.15) is 0 Å². The summed E-state index contributed by atoms with van der Waals surface area (Å²) in [4.78, 5) is 4.54. The summed E-state index contributed by atoms with van der Waals surface area (Å²) in [7, 11) is 0. The fourth-order valence-corrected chi connectivity index (χ4v) is 4.46. The second-order valence-electron chi connectivity index (χ2n) is 5.99. The van der Waals surface area contributed by atoms with Gasteiger partial charge < -0.3 is 10.6 Å². The van der Waals surface area contributed by atoms with Crippen LogP contribution >= 0.6 is 11.3 Å². The molecule has 1 aliphatic carbocycles. The SMILES string of the molecule is Cc1csc(CCNC2CCCC2C2CCCN2)n1. The van der Waals surface area contributed by atoms with E-state index < -0.39 is 0 Å². The van der Waals surface area contributed by atoms with E-state index in [1.165, 1.54) is 43.7 Å². The Morgan fingerprint density at radius 3 is 3.05 bits per heavy atom. The van der Waals surface area contributed by atoms with Crippen LogP contribution in [0.5, 0.6) is 0 Å². The monoisotopic (exact) mass is 279 g/mol. The number of aromatic nitrogens is 1. The Morgan fingerprint density at radius 1 is 1.37 bits per heavy atom. The van der Waals surface area contributed by atoms with E-state index in [1.54, 1.807) is 11.3 Å². The molecule has 0 spiro atoms. The van der Waals surface area contributed by atoms with Gasteiger partial charge in [0.15, 0.2) is 0 Å². The summed E-state index contributed by atoms with van der Waals surface area (Å²) in [6.07, 6.45) is 8.00. The maximum Gasteiger partial charge on any atom is 0.0940 e. The topological polar surface area (TPSA) is 37.0 Å². The molecular weight excluding hydrogens is 254 g/mol. The molecule has 1 aromatic rings. The molecule has 2 aliphatic rings. The molecule has 1 aromatic heterocycles. The lowest BCUT2D eigenvalue weighted by Gasteiger charge is -2.26. The minimum absolute atomic E-state index is 0.733. The molecule has 0 aromatic carbocycles. The molecule has 1 saturated carbocycles. The Morgan fingerprint density at radius 2 is 2.32 bits per heavy atom. The molecule has 2 N–H and O–H groups in total. The minimum Gasteiger partial charge on any atom is -0.314 e. The molecule has 19 heavy (non-hydrogen) atoms. The molecule has 3 atom stereocenters. The smallest absolute Gasteiger partial charge is 0.0940 e. The fraction of sp³-hybridized carbons (Fsp3) is 0.800. The van der Waals surface area contributed by atoms with Crippen molar-refractivity contribution in [2.45, 2.75) is 57.5 Å². The van der Waals surface area contributed by atoms with Crippen LogP contribution in [0, 0.1) is 12.8 Å². The van der Waals surface area contributed by atoms with Gasteiger partial charge in [-0.25, -0.2) is 4.98 Å². The molecule has 1 saturated heterocycles. The largest absolute Gasteiger partial charge is 0.314 e. The molecule has 3 rings (SSSR count). The Bertz CT molecular complexity index is 398. The highest BCUT2D eigenvalue weighted by Crippen LogP contribution is 2.31. The van der Waals surface area contributed by atoms with E-state index in [9.17, 15) is 0 Å². The van der Waals surface area contributed by atoms with Crippen LogP contribution < -0.4 is 10.6 Å². The maximum atomic E-state index is 4.54. The summed E-state index contributed by atoms with van der Waals surface area (Å²) < 4.78 is 0. The van der Waals surface area contributed by atoms with Crippen molar-refractivity contribution in [3.8, 4) is 0 Å². The van der Waals surface area contributed by atoms with Crippen LogP contribution in [0.1, 0.15) is 42.8 Å². The number of nitrogens with one attached hydrogen (secondary N) is 2. The first kappa shape index (κ1) is 13.5. The summed E-state index contributed by atoms with van der Waals surface area (Å²) in [6.45, 7) is 4.39. The number of thiazole rings is 1. The molecule has 3 unspecified atom stereocenters. The van der Waals surface area contributed by atoms with E-state index in [4.69, 9.17) is 0 Å². The van der Waals surface area contributed by atoms with Crippen molar-refractivity contribution >= 4 is 11.3 Å². The number of aryl methyl sites for hydroxylation is 1. The summed E-state index contributed by atoms with van der Waals surface area (Å²) in [5.41, 5.74) is 1.16. The fourth-order valence-electron chi connectivity index (χ4n) is 3.68. The zero-order valence-corrected chi connectivity index (χ0v) is 12.6.